The molecule has 1 saturated heterocycles. The zero-order chi connectivity index (χ0) is 18.2. The smallest absolute Gasteiger partial charge is 0.254 e. The average molecular weight is 386 g/mol. The van der Waals surface area contributed by atoms with E-state index < -0.39 is 0 Å². The molecule has 7 nitrogen and oxygen atoms in total. The zero-order valence-corrected chi connectivity index (χ0v) is 16.1. The molecule has 1 heterocycles. The molecule has 1 fully saturated rings. The summed E-state index contributed by atoms with van der Waals surface area (Å²) in [5.74, 6) is 0.999. The molecule has 3 N–H and O–H groups in total. The van der Waals surface area contributed by atoms with E-state index in [1.165, 1.54) is 0 Å². The molecule has 8 heteroatoms. The van der Waals surface area contributed by atoms with Gasteiger partial charge in [0.15, 0.2) is 0 Å². The molecule has 26 heavy (non-hydrogen) atoms. The van der Waals surface area contributed by atoms with E-state index in [1.807, 2.05) is 4.90 Å². The molecule has 146 valence electrons. The molecule has 1 aromatic carbocycles. The SMILES string of the molecule is COc1cc(OC)cc(C(=O)N2CCCCC2CNC(=O)CCN)c1.Cl. The predicted molar refractivity (Wildman–Crippen MR) is 102 cm³/mol. The first kappa shape index (κ1) is 22.1. The molecule has 0 saturated carbocycles. The lowest BCUT2D eigenvalue weighted by Crippen LogP contribution is -2.49. The third-order valence-corrected chi connectivity index (χ3v) is 4.39. The number of benzene rings is 1. The Bertz CT molecular complexity index is 590. The highest BCUT2D eigenvalue weighted by atomic mass is 35.5. The van der Waals surface area contributed by atoms with E-state index in [2.05, 4.69) is 5.32 Å². The summed E-state index contributed by atoms with van der Waals surface area (Å²) in [6.07, 6.45) is 3.17. The molecule has 2 amide bonds. The van der Waals surface area contributed by atoms with E-state index >= 15 is 0 Å². The van der Waals surface area contributed by atoms with Gasteiger partial charge in [-0.15, -0.1) is 12.4 Å². The number of nitrogens with two attached hydrogens (primary N) is 1. The highest BCUT2D eigenvalue weighted by molar-refractivity contribution is 5.95. The number of hydrogen-bond acceptors (Lipinski definition) is 5. The Labute approximate surface area is 160 Å². The Morgan fingerprint density at radius 2 is 1.85 bits per heavy atom. The Morgan fingerprint density at radius 1 is 1.19 bits per heavy atom. The first-order chi connectivity index (χ1) is 12.1. The molecule has 0 aliphatic carbocycles. The summed E-state index contributed by atoms with van der Waals surface area (Å²) >= 11 is 0. The van der Waals surface area contributed by atoms with Gasteiger partial charge in [-0.05, 0) is 31.4 Å². The lowest BCUT2D eigenvalue weighted by Gasteiger charge is -2.36. The van der Waals surface area contributed by atoms with Crippen LogP contribution in [0, 0.1) is 0 Å². The van der Waals surface area contributed by atoms with Crippen molar-refractivity contribution in [1.29, 1.82) is 0 Å². The Balaban J connectivity index is 0.00000338. The summed E-state index contributed by atoms with van der Waals surface area (Å²) in [6, 6.07) is 5.14. The van der Waals surface area contributed by atoms with E-state index in [-0.39, 0.29) is 30.3 Å². The van der Waals surface area contributed by atoms with Gasteiger partial charge >= 0.3 is 0 Å². The molecule has 2 rings (SSSR count). The maximum atomic E-state index is 13.0. The van der Waals surface area contributed by atoms with Gasteiger partial charge < -0.3 is 25.4 Å². The number of rotatable bonds is 7. The highest BCUT2D eigenvalue weighted by Crippen LogP contribution is 2.26. The molecule has 0 bridgehead atoms. The zero-order valence-electron chi connectivity index (χ0n) is 15.3. The number of nitrogens with zero attached hydrogens (tertiary/aromatic N) is 1. The van der Waals surface area contributed by atoms with Crippen molar-refractivity contribution in [3.05, 3.63) is 23.8 Å². The van der Waals surface area contributed by atoms with Crippen LogP contribution in [0.15, 0.2) is 18.2 Å². The summed E-state index contributed by atoms with van der Waals surface area (Å²) < 4.78 is 10.5. The molecule has 1 aromatic rings. The lowest BCUT2D eigenvalue weighted by atomic mass is 10.0. The van der Waals surface area contributed by atoms with Crippen molar-refractivity contribution in [3.8, 4) is 11.5 Å². The second-order valence-corrected chi connectivity index (χ2v) is 6.09. The minimum atomic E-state index is -0.0801. The Hall–Kier alpha value is -1.99. The predicted octanol–water partition coefficient (Wildman–Crippen LogP) is 1.59. The summed E-state index contributed by atoms with van der Waals surface area (Å²) in [7, 11) is 3.11. The largest absolute Gasteiger partial charge is 0.497 e. The normalized spacial score (nSPS) is 16.4. The van der Waals surface area contributed by atoms with Gasteiger partial charge in [0, 0.05) is 43.7 Å². The van der Waals surface area contributed by atoms with Crippen molar-refractivity contribution in [2.24, 2.45) is 5.73 Å². The lowest BCUT2D eigenvalue weighted by molar-refractivity contribution is -0.121. The molecule has 1 aliphatic rings. The highest BCUT2D eigenvalue weighted by Gasteiger charge is 2.28. The minimum absolute atomic E-state index is 0. The number of piperidine rings is 1. The fourth-order valence-electron chi connectivity index (χ4n) is 3.03. The van der Waals surface area contributed by atoms with Crippen LogP contribution in [0.1, 0.15) is 36.0 Å². The maximum absolute atomic E-state index is 13.0. The van der Waals surface area contributed by atoms with Gasteiger partial charge in [-0.3, -0.25) is 9.59 Å². The second kappa shape index (κ2) is 10.9. The first-order valence-corrected chi connectivity index (χ1v) is 8.59. The number of halogens is 1. The van der Waals surface area contributed by atoms with E-state index in [0.29, 0.717) is 43.1 Å². The third-order valence-electron chi connectivity index (χ3n) is 4.39. The number of nitrogens with one attached hydrogen (secondary N) is 1. The number of carbonyl (C=O) groups excluding carboxylic acids is 2. The second-order valence-electron chi connectivity index (χ2n) is 6.09. The summed E-state index contributed by atoms with van der Waals surface area (Å²) in [4.78, 5) is 26.5. The summed E-state index contributed by atoms with van der Waals surface area (Å²) in [6.45, 7) is 1.45. The number of carbonyl (C=O) groups is 2. The van der Waals surface area contributed by atoms with Crippen LogP contribution in [-0.2, 0) is 4.79 Å². The minimum Gasteiger partial charge on any atom is -0.497 e. The fourth-order valence-corrected chi connectivity index (χ4v) is 3.03. The number of likely N-dealkylation sites (tertiary alicyclic amines) is 1. The standard InChI is InChI=1S/C18H27N3O4.ClH/c1-24-15-9-13(10-16(11-15)25-2)18(23)21-8-4-3-5-14(21)12-20-17(22)6-7-19;/h9-11,14H,3-8,12,19H2,1-2H3,(H,20,22);1H. The molecular weight excluding hydrogens is 358 g/mol. The van der Waals surface area contributed by atoms with Gasteiger partial charge in [0.1, 0.15) is 11.5 Å². The molecule has 1 unspecified atom stereocenters. The van der Waals surface area contributed by atoms with Gasteiger partial charge in [0.25, 0.3) is 5.91 Å². The van der Waals surface area contributed by atoms with Crippen molar-refractivity contribution >= 4 is 24.2 Å². The van der Waals surface area contributed by atoms with E-state index in [1.54, 1.807) is 32.4 Å². The monoisotopic (exact) mass is 385 g/mol. The number of methoxy groups -OCH3 is 2. The topological polar surface area (TPSA) is 93.9 Å². The van der Waals surface area contributed by atoms with Crippen LogP contribution in [-0.4, -0.2) is 56.6 Å². The van der Waals surface area contributed by atoms with E-state index in [0.717, 1.165) is 19.3 Å². The number of hydrogen-bond donors (Lipinski definition) is 2. The maximum Gasteiger partial charge on any atom is 0.254 e. The fraction of sp³-hybridized carbons (Fsp3) is 0.556. The van der Waals surface area contributed by atoms with E-state index in [9.17, 15) is 9.59 Å². The molecule has 1 atom stereocenters. The van der Waals surface area contributed by atoms with Crippen LogP contribution < -0.4 is 20.5 Å². The average Bonchev–Trinajstić information content (AvgIpc) is 2.65. The van der Waals surface area contributed by atoms with E-state index in [4.69, 9.17) is 15.2 Å². The van der Waals surface area contributed by atoms with Crippen LogP contribution in [0.5, 0.6) is 11.5 Å². The van der Waals surface area contributed by atoms with Crippen LogP contribution in [0.3, 0.4) is 0 Å². The van der Waals surface area contributed by atoms with Gasteiger partial charge in [0.05, 0.1) is 14.2 Å². The van der Waals surface area contributed by atoms with Crippen LogP contribution in [0.25, 0.3) is 0 Å². The van der Waals surface area contributed by atoms with Crippen LogP contribution in [0.4, 0.5) is 0 Å². The van der Waals surface area contributed by atoms with Crippen molar-refractivity contribution in [2.75, 3.05) is 33.9 Å². The van der Waals surface area contributed by atoms with Crippen LogP contribution >= 0.6 is 12.4 Å². The molecular formula is C18H28ClN3O4. The van der Waals surface area contributed by atoms with Crippen molar-refractivity contribution in [2.45, 2.75) is 31.7 Å². The van der Waals surface area contributed by atoms with Crippen molar-refractivity contribution in [3.63, 3.8) is 0 Å². The summed E-state index contributed by atoms with van der Waals surface area (Å²) in [5, 5.41) is 2.87. The quantitative estimate of drug-likeness (QED) is 0.743. The van der Waals surface area contributed by atoms with Gasteiger partial charge in [0.2, 0.25) is 5.91 Å². The van der Waals surface area contributed by atoms with Crippen LogP contribution in [0.2, 0.25) is 0 Å². The third kappa shape index (κ3) is 5.78. The van der Waals surface area contributed by atoms with Gasteiger partial charge in [-0.2, -0.15) is 0 Å². The van der Waals surface area contributed by atoms with Crippen molar-refractivity contribution < 1.29 is 19.1 Å². The number of amides is 2. The molecule has 1 aliphatic heterocycles. The van der Waals surface area contributed by atoms with Crippen molar-refractivity contribution in [1.82, 2.24) is 10.2 Å². The molecule has 0 aromatic heterocycles. The Kier molecular flexibility index (Phi) is 9.23. The molecule has 0 radical (unpaired) electrons. The van der Waals surface area contributed by atoms with Gasteiger partial charge in [-0.25, -0.2) is 0 Å². The number of ether oxygens (including phenoxy) is 2. The molecule has 0 spiro atoms. The van der Waals surface area contributed by atoms with Gasteiger partial charge in [-0.1, -0.05) is 0 Å². The Morgan fingerprint density at radius 3 is 2.42 bits per heavy atom. The summed E-state index contributed by atoms with van der Waals surface area (Å²) in [5.41, 5.74) is 5.92. The first-order valence-electron chi connectivity index (χ1n) is 8.59.